The van der Waals surface area contributed by atoms with Crippen molar-refractivity contribution in [2.24, 2.45) is 0 Å². The van der Waals surface area contributed by atoms with E-state index in [0.717, 1.165) is 0 Å². The fourth-order valence-electron chi connectivity index (χ4n) is 1.33. The van der Waals surface area contributed by atoms with E-state index < -0.39 is 5.82 Å². The number of carbonyl (C=O) groups excluding carboxylic acids is 2. The van der Waals surface area contributed by atoms with E-state index in [4.69, 9.17) is 11.6 Å². The van der Waals surface area contributed by atoms with E-state index in [2.05, 4.69) is 0 Å². The quantitative estimate of drug-likeness (QED) is 0.832. The van der Waals surface area contributed by atoms with E-state index in [-0.39, 0.29) is 30.2 Å². The van der Waals surface area contributed by atoms with Crippen molar-refractivity contribution in [3.05, 3.63) is 29.0 Å². The average Bonchev–Trinajstić information content (AvgIpc) is 2.28. The molecule has 17 heavy (non-hydrogen) atoms. The first-order valence-electron chi connectivity index (χ1n) is 5.13. The molecule has 1 aromatic rings. The molecule has 0 aliphatic heterocycles. The molecule has 0 aliphatic rings. The second kappa shape index (κ2) is 5.77. The minimum absolute atomic E-state index is 0.0672. The molecule has 0 bridgehead atoms. The van der Waals surface area contributed by atoms with E-state index in [9.17, 15) is 14.0 Å². The highest BCUT2D eigenvalue weighted by molar-refractivity contribution is 6.30. The van der Waals surface area contributed by atoms with Crippen molar-refractivity contribution < 1.29 is 14.0 Å². The van der Waals surface area contributed by atoms with Crippen LogP contribution in [-0.2, 0) is 9.59 Å². The molecule has 0 aromatic heterocycles. The van der Waals surface area contributed by atoms with Crippen molar-refractivity contribution in [1.29, 1.82) is 0 Å². The Morgan fingerprint density at radius 3 is 2.59 bits per heavy atom. The van der Waals surface area contributed by atoms with Gasteiger partial charge in [-0.05, 0) is 25.1 Å². The summed E-state index contributed by atoms with van der Waals surface area (Å²) in [6.45, 7) is 1.41. The fraction of sp³-hybridized carbons (Fsp3) is 0.333. The molecule has 1 aromatic carbocycles. The number of hydrogen-bond acceptors (Lipinski definition) is 2. The lowest BCUT2D eigenvalue weighted by molar-refractivity contribution is -0.122. The zero-order valence-electron chi connectivity index (χ0n) is 9.67. The molecule has 3 nitrogen and oxygen atoms in total. The van der Waals surface area contributed by atoms with Gasteiger partial charge in [-0.1, -0.05) is 11.6 Å². The van der Waals surface area contributed by atoms with Gasteiger partial charge in [0.25, 0.3) is 0 Å². The molecule has 0 radical (unpaired) electrons. The molecule has 1 amide bonds. The van der Waals surface area contributed by atoms with Crippen LogP contribution >= 0.6 is 11.6 Å². The maximum Gasteiger partial charge on any atom is 0.227 e. The summed E-state index contributed by atoms with van der Waals surface area (Å²) in [6.07, 6.45) is 0.225. The van der Waals surface area contributed by atoms with Crippen LogP contribution in [0, 0.1) is 5.82 Å². The van der Waals surface area contributed by atoms with E-state index in [1.807, 2.05) is 0 Å². The number of Topliss-reactive ketones (excluding diaryl/α,β-unsaturated/α-hetero) is 1. The van der Waals surface area contributed by atoms with Gasteiger partial charge < -0.3 is 9.69 Å². The first-order chi connectivity index (χ1) is 7.91. The zero-order valence-corrected chi connectivity index (χ0v) is 10.4. The summed E-state index contributed by atoms with van der Waals surface area (Å²) in [6, 6.07) is 3.99. The number of nitrogens with zero attached hydrogens (tertiary/aromatic N) is 1. The predicted molar refractivity (Wildman–Crippen MR) is 64.7 cm³/mol. The minimum Gasteiger partial charge on any atom is -0.313 e. The number of rotatable bonds is 4. The smallest absolute Gasteiger partial charge is 0.227 e. The molecular weight excluding hydrogens is 245 g/mol. The molecule has 0 aliphatic carbocycles. The first-order valence-corrected chi connectivity index (χ1v) is 5.50. The molecule has 5 heteroatoms. The van der Waals surface area contributed by atoms with Crippen LogP contribution in [0.25, 0.3) is 0 Å². The van der Waals surface area contributed by atoms with E-state index in [1.165, 1.54) is 37.1 Å². The number of carbonyl (C=O) groups is 2. The van der Waals surface area contributed by atoms with Gasteiger partial charge in [-0.25, -0.2) is 4.39 Å². The largest absolute Gasteiger partial charge is 0.313 e. The van der Waals surface area contributed by atoms with Gasteiger partial charge in [0.2, 0.25) is 5.91 Å². The van der Waals surface area contributed by atoms with Gasteiger partial charge in [0.05, 0.1) is 5.69 Å². The summed E-state index contributed by atoms with van der Waals surface area (Å²) in [5, 5.41) is 0.354. The molecular formula is C12H13ClFNO2. The van der Waals surface area contributed by atoms with Gasteiger partial charge in [0.1, 0.15) is 11.6 Å². The van der Waals surface area contributed by atoms with Crippen LogP contribution in [0.3, 0.4) is 0 Å². The van der Waals surface area contributed by atoms with Crippen molar-refractivity contribution in [3.63, 3.8) is 0 Å². The second-order valence-electron chi connectivity index (χ2n) is 3.75. The third-order valence-electron chi connectivity index (χ3n) is 2.33. The summed E-state index contributed by atoms with van der Waals surface area (Å²) in [5.74, 6) is -0.909. The van der Waals surface area contributed by atoms with Crippen LogP contribution in [0.2, 0.25) is 5.02 Å². The number of ketones is 1. The molecule has 0 heterocycles. The van der Waals surface area contributed by atoms with E-state index in [0.29, 0.717) is 5.02 Å². The van der Waals surface area contributed by atoms with Crippen LogP contribution < -0.4 is 4.90 Å². The third-order valence-corrected chi connectivity index (χ3v) is 2.57. The summed E-state index contributed by atoms with van der Waals surface area (Å²) in [7, 11) is 1.46. The molecule has 0 fully saturated rings. The van der Waals surface area contributed by atoms with E-state index >= 15 is 0 Å². The van der Waals surface area contributed by atoms with Crippen molar-refractivity contribution >= 4 is 29.0 Å². The highest BCUT2D eigenvalue weighted by Crippen LogP contribution is 2.23. The zero-order chi connectivity index (χ0) is 13.0. The van der Waals surface area contributed by atoms with Crippen LogP contribution in [0.5, 0.6) is 0 Å². The fourth-order valence-corrected chi connectivity index (χ4v) is 1.49. The lowest BCUT2D eigenvalue weighted by atomic mass is 10.2. The minimum atomic E-state index is -0.520. The number of anilines is 1. The summed E-state index contributed by atoms with van der Waals surface area (Å²) in [4.78, 5) is 23.6. The summed E-state index contributed by atoms with van der Waals surface area (Å²) < 4.78 is 13.5. The summed E-state index contributed by atoms with van der Waals surface area (Å²) in [5.41, 5.74) is 0.117. The first kappa shape index (κ1) is 13.6. The lowest BCUT2D eigenvalue weighted by Crippen LogP contribution is -2.27. The summed E-state index contributed by atoms with van der Waals surface area (Å²) >= 11 is 5.73. The Bertz CT molecular complexity index is 448. The van der Waals surface area contributed by atoms with Crippen molar-refractivity contribution in [1.82, 2.24) is 0 Å². The molecule has 0 saturated carbocycles. The molecule has 1 rings (SSSR count). The second-order valence-corrected chi connectivity index (χ2v) is 4.19. The van der Waals surface area contributed by atoms with Gasteiger partial charge in [0, 0.05) is 24.9 Å². The van der Waals surface area contributed by atoms with Gasteiger partial charge in [-0.15, -0.1) is 0 Å². The topological polar surface area (TPSA) is 37.4 Å². The Labute approximate surface area is 104 Å². The maximum atomic E-state index is 13.5. The molecule has 0 unspecified atom stereocenters. The number of benzene rings is 1. The van der Waals surface area contributed by atoms with E-state index in [1.54, 1.807) is 0 Å². The molecule has 0 N–H and O–H groups in total. The SMILES string of the molecule is CC(=O)CCC(=O)N(C)c1cc(Cl)ccc1F. The molecule has 0 spiro atoms. The van der Waals surface area contributed by atoms with Gasteiger partial charge >= 0.3 is 0 Å². The Balaban J connectivity index is 2.81. The molecule has 0 saturated heterocycles. The standard InChI is InChI=1S/C12H13ClFNO2/c1-8(16)3-6-12(17)15(2)11-7-9(13)4-5-10(11)14/h4-5,7H,3,6H2,1-2H3. The van der Waals surface area contributed by atoms with Crippen LogP contribution in [0.1, 0.15) is 19.8 Å². The van der Waals surface area contributed by atoms with Crippen molar-refractivity contribution in [2.75, 3.05) is 11.9 Å². The molecule has 92 valence electrons. The lowest BCUT2D eigenvalue weighted by Gasteiger charge is -2.18. The average molecular weight is 258 g/mol. The normalized spacial score (nSPS) is 10.1. The Hall–Kier alpha value is -1.42. The third kappa shape index (κ3) is 3.82. The van der Waals surface area contributed by atoms with Crippen LogP contribution in [-0.4, -0.2) is 18.7 Å². The van der Waals surface area contributed by atoms with Crippen LogP contribution in [0.15, 0.2) is 18.2 Å². The number of hydrogen-bond donors (Lipinski definition) is 0. The van der Waals surface area contributed by atoms with Gasteiger partial charge in [-0.2, -0.15) is 0 Å². The monoisotopic (exact) mass is 257 g/mol. The maximum absolute atomic E-state index is 13.5. The highest BCUT2D eigenvalue weighted by Gasteiger charge is 2.15. The van der Waals surface area contributed by atoms with Crippen molar-refractivity contribution in [2.45, 2.75) is 19.8 Å². The number of amides is 1. The molecule has 0 atom stereocenters. The van der Waals surface area contributed by atoms with Gasteiger partial charge in [-0.3, -0.25) is 4.79 Å². The predicted octanol–water partition coefficient (Wildman–Crippen LogP) is 2.81. The van der Waals surface area contributed by atoms with Crippen LogP contribution in [0.4, 0.5) is 10.1 Å². The Morgan fingerprint density at radius 1 is 1.35 bits per heavy atom. The highest BCUT2D eigenvalue weighted by atomic mass is 35.5. The Morgan fingerprint density at radius 2 is 2.00 bits per heavy atom. The van der Waals surface area contributed by atoms with Crippen molar-refractivity contribution in [3.8, 4) is 0 Å². The van der Waals surface area contributed by atoms with Gasteiger partial charge in [0.15, 0.2) is 0 Å². The number of halogens is 2. The Kier molecular flexibility index (Phi) is 4.63.